The molecule has 1 aromatic carbocycles. The van der Waals surface area contributed by atoms with Crippen molar-refractivity contribution in [2.75, 3.05) is 39.3 Å². The number of hydrogen-bond acceptors (Lipinski definition) is 4. The minimum Gasteiger partial charge on any atom is -0.373 e. The Morgan fingerprint density at radius 2 is 1.48 bits per heavy atom. The van der Waals surface area contributed by atoms with E-state index in [4.69, 9.17) is 4.74 Å². The number of amides is 2. The lowest BCUT2D eigenvalue weighted by Crippen LogP contribution is -2.50. The summed E-state index contributed by atoms with van der Waals surface area (Å²) in [7, 11) is 0. The predicted octanol–water partition coefficient (Wildman–Crippen LogP) is 3.16. The summed E-state index contributed by atoms with van der Waals surface area (Å²) in [6.07, 6.45) is 6.14. The Balaban J connectivity index is 1.25. The van der Waals surface area contributed by atoms with Gasteiger partial charge >= 0.3 is 0 Å². The molecule has 2 atom stereocenters. The lowest BCUT2D eigenvalue weighted by Gasteiger charge is -2.35. The van der Waals surface area contributed by atoms with Gasteiger partial charge in [-0.25, -0.2) is 0 Å². The summed E-state index contributed by atoms with van der Waals surface area (Å²) in [4.78, 5) is 31.7. The first-order valence-electron chi connectivity index (χ1n) is 12.0. The van der Waals surface area contributed by atoms with Crippen molar-refractivity contribution in [1.82, 2.24) is 14.7 Å². The Bertz CT molecular complexity index is 742. The number of morpholine rings is 1. The van der Waals surface area contributed by atoms with Gasteiger partial charge in [0.2, 0.25) is 5.91 Å². The highest BCUT2D eigenvalue weighted by Crippen LogP contribution is 2.28. The molecule has 1 saturated carbocycles. The first kappa shape index (κ1) is 22.3. The smallest absolute Gasteiger partial charge is 0.253 e. The van der Waals surface area contributed by atoms with Gasteiger partial charge in [0.25, 0.3) is 5.91 Å². The summed E-state index contributed by atoms with van der Waals surface area (Å²) >= 11 is 0. The molecule has 3 aliphatic rings. The van der Waals surface area contributed by atoms with Gasteiger partial charge in [-0.1, -0.05) is 25.0 Å². The third-order valence-electron chi connectivity index (χ3n) is 6.96. The van der Waals surface area contributed by atoms with Crippen LogP contribution >= 0.6 is 0 Å². The lowest BCUT2D eigenvalue weighted by molar-refractivity contribution is -0.133. The molecule has 0 N–H and O–H groups in total. The monoisotopic (exact) mass is 427 g/mol. The molecule has 0 spiro atoms. The average molecular weight is 428 g/mol. The second-order valence-corrected chi connectivity index (χ2v) is 9.68. The van der Waals surface area contributed by atoms with Crippen LogP contribution in [0.1, 0.15) is 61.9 Å². The van der Waals surface area contributed by atoms with Crippen LogP contribution in [0.5, 0.6) is 0 Å². The molecule has 0 bridgehead atoms. The number of hydrogen-bond donors (Lipinski definition) is 0. The summed E-state index contributed by atoms with van der Waals surface area (Å²) in [5.41, 5.74) is 1.96. The van der Waals surface area contributed by atoms with Gasteiger partial charge in [0.1, 0.15) is 0 Å². The Kier molecular flexibility index (Phi) is 7.28. The van der Waals surface area contributed by atoms with Gasteiger partial charge in [-0.2, -0.15) is 0 Å². The molecule has 0 aromatic heterocycles. The molecular weight excluding hydrogens is 390 g/mol. The van der Waals surface area contributed by atoms with Crippen molar-refractivity contribution in [2.24, 2.45) is 5.92 Å². The van der Waals surface area contributed by atoms with Crippen molar-refractivity contribution in [1.29, 1.82) is 0 Å². The molecule has 170 valence electrons. The van der Waals surface area contributed by atoms with E-state index in [0.717, 1.165) is 25.2 Å². The fourth-order valence-electron chi connectivity index (χ4n) is 5.36. The molecule has 1 aromatic rings. The molecule has 2 aliphatic heterocycles. The SMILES string of the molecule is CC1CN(Cc2ccc(C(=O)N3CCN(C(=O)CC4CCCC4)CC3)cc2)CC(C)O1. The molecule has 0 radical (unpaired) electrons. The quantitative estimate of drug-likeness (QED) is 0.724. The van der Waals surface area contributed by atoms with Crippen molar-refractivity contribution >= 4 is 11.8 Å². The molecular formula is C25H37N3O3. The van der Waals surface area contributed by atoms with E-state index in [1.165, 1.54) is 31.2 Å². The number of benzene rings is 1. The minimum atomic E-state index is 0.0723. The third-order valence-corrected chi connectivity index (χ3v) is 6.96. The van der Waals surface area contributed by atoms with E-state index in [1.807, 2.05) is 21.9 Å². The Morgan fingerprint density at radius 3 is 2.10 bits per heavy atom. The molecule has 3 fully saturated rings. The molecule has 6 nitrogen and oxygen atoms in total. The van der Waals surface area contributed by atoms with E-state index in [1.54, 1.807) is 0 Å². The molecule has 1 aliphatic carbocycles. The maximum Gasteiger partial charge on any atom is 0.253 e. The van der Waals surface area contributed by atoms with Gasteiger partial charge in [-0.3, -0.25) is 14.5 Å². The van der Waals surface area contributed by atoms with Crippen molar-refractivity contribution in [2.45, 2.75) is 64.7 Å². The van der Waals surface area contributed by atoms with Crippen LogP contribution in [-0.2, 0) is 16.1 Å². The van der Waals surface area contributed by atoms with E-state index in [-0.39, 0.29) is 24.0 Å². The van der Waals surface area contributed by atoms with Crippen molar-refractivity contribution in [3.63, 3.8) is 0 Å². The van der Waals surface area contributed by atoms with Crippen LogP contribution in [0.15, 0.2) is 24.3 Å². The van der Waals surface area contributed by atoms with E-state index >= 15 is 0 Å². The van der Waals surface area contributed by atoms with E-state index in [2.05, 4.69) is 30.9 Å². The number of rotatable bonds is 5. The molecule has 4 rings (SSSR count). The minimum absolute atomic E-state index is 0.0723. The maximum absolute atomic E-state index is 12.9. The zero-order valence-corrected chi connectivity index (χ0v) is 19.1. The van der Waals surface area contributed by atoms with E-state index in [9.17, 15) is 9.59 Å². The second-order valence-electron chi connectivity index (χ2n) is 9.68. The zero-order chi connectivity index (χ0) is 21.8. The molecule has 2 unspecified atom stereocenters. The van der Waals surface area contributed by atoms with Crippen LogP contribution in [0.25, 0.3) is 0 Å². The first-order chi connectivity index (χ1) is 15.0. The summed E-state index contributed by atoms with van der Waals surface area (Å²) in [5.74, 6) is 0.924. The third kappa shape index (κ3) is 5.86. The van der Waals surface area contributed by atoms with E-state index in [0.29, 0.717) is 38.5 Å². The predicted molar refractivity (Wildman–Crippen MR) is 121 cm³/mol. The van der Waals surface area contributed by atoms with E-state index < -0.39 is 0 Å². The van der Waals surface area contributed by atoms with Crippen molar-refractivity contribution in [3.05, 3.63) is 35.4 Å². The highest BCUT2D eigenvalue weighted by molar-refractivity contribution is 5.94. The van der Waals surface area contributed by atoms with Gasteiger partial charge < -0.3 is 14.5 Å². The van der Waals surface area contributed by atoms with Crippen LogP contribution in [0.4, 0.5) is 0 Å². The fourth-order valence-corrected chi connectivity index (χ4v) is 5.36. The molecule has 2 amide bonds. The summed E-state index contributed by atoms with van der Waals surface area (Å²) in [6, 6.07) is 8.03. The van der Waals surface area contributed by atoms with Gasteiger partial charge in [0.15, 0.2) is 0 Å². The van der Waals surface area contributed by atoms with Crippen molar-refractivity contribution in [3.8, 4) is 0 Å². The second kappa shape index (κ2) is 10.1. The molecule has 6 heteroatoms. The van der Waals surface area contributed by atoms with Crippen LogP contribution in [0.3, 0.4) is 0 Å². The van der Waals surface area contributed by atoms with Gasteiger partial charge in [0, 0.05) is 57.8 Å². The highest BCUT2D eigenvalue weighted by atomic mass is 16.5. The Hall–Kier alpha value is -1.92. The van der Waals surface area contributed by atoms with Crippen LogP contribution in [0.2, 0.25) is 0 Å². The number of nitrogens with zero attached hydrogens (tertiary/aromatic N) is 3. The number of carbonyl (C=O) groups excluding carboxylic acids is 2. The number of carbonyl (C=O) groups is 2. The van der Waals surface area contributed by atoms with Gasteiger partial charge in [-0.05, 0) is 50.3 Å². The standard InChI is InChI=1S/C25H37N3O3/c1-19-16-26(17-20(2)31-19)18-22-7-9-23(10-8-22)25(30)28-13-11-27(12-14-28)24(29)15-21-5-3-4-6-21/h7-10,19-21H,3-6,11-18H2,1-2H3. The lowest BCUT2D eigenvalue weighted by atomic mass is 10.0. The number of piperazine rings is 1. The first-order valence-corrected chi connectivity index (χ1v) is 12.0. The topological polar surface area (TPSA) is 53.1 Å². The van der Waals surface area contributed by atoms with Gasteiger partial charge in [0.05, 0.1) is 12.2 Å². The van der Waals surface area contributed by atoms with Crippen molar-refractivity contribution < 1.29 is 14.3 Å². The number of ether oxygens (including phenoxy) is 1. The average Bonchev–Trinajstić information content (AvgIpc) is 3.26. The zero-order valence-electron chi connectivity index (χ0n) is 19.1. The molecule has 2 heterocycles. The van der Waals surface area contributed by atoms with Crippen LogP contribution in [-0.4, -0.2) is 78.0 Å². The van der Waals surface area contributed by atoms with Crippen LogP contribution < -0.4 is 0 Å². The normalized spacial score (nSPS) is 25.7. The molecule has 2 saturated heterocycles. The van der Waals surface area contributed by atoms with Gasteiger partial charge in [-0.15, -0.1) is 0 Å². The Labute approximate surface area is 186 Å². The summed E-state index contributed by atoms with van der Waals surface area (Å²) in [6.45, 7) is 9.56. The largest absolute Gasteiger partial charge is 0.373 e. The Morgan fingerprint density at radius 1 is 0.903 bits per heavy atom. The fraction of sp³-hybridized carbons (Fsp3) is 0.680. The summed E-state index contributed by atoms with van der Waals surface area (Å²) in [5, 5.41) is 0. The highest BCUT2D eigenvalue weighted by Gasteiger charge is 2.27. The maximum atomic E-state index is 12.9. The summed E-state index contributed by atoms with van der Waals surface area (Å²) < 4.78 is 5.81. The molecule has 31 heavy (non-hydrogen) atoms. The van der Waals surface area contributed by atoms with Crippen LogP contribution in [0, 0.1) is 5.92 Å².